The number of carbonyl (C=O) groups excluding carboxylic acids is 1. The first kappa shape index (κ1) is 19.8. The van der Waals surface area contributed by atoms with E-state index >= 15 is 0 Å². The quantitative estimate of drug-likeness (QED) is 0.525. The van der Waals surface area contributed by atoms with E-state index in [1.807, 2.05) is 30.3 Å². The van der Waals surface area contributed by atoms with Crippen molar-refractivity contribution in [3.8, 4) is 5.75 Å². The number of hydrogen-bond acceptors (Lipinski definition) is 5. The third-order valence-electron chi connectivity index (χ3n) is 5.13. The Kier molecular flexibility index (Phi) is 6.26. The molecular weight excluding hydrogens is 358 g/mol. The second-order valence-corrected chi connectivity index (χ2v) is 7.16. The highest BCUT2D eigenvalue weighted by Gasteiger charge is 2.33. The molecule has 1 fully saturated rings. The first-order valence-electron chi connectivity index (χ1n) is 9.38. The molecule has 3 rings (SSSR count). The van der Waals surface area contributed by atoms with Gasteiger partial charge in [0.1, 0.15) is 11.4 Å². The average Bonchev–Trinajstić information content (AvgIpc) is 3.53. The Hall–Kier alpha value is -2.93. The topological polar surface area (TPSA) is 84.7 Å². The molecule has 7 nitrogen and oxygen atoms in total. The minimum Gasteiger partial charge on any atom is -0.496 e. The van der Waals surface area contributed by atoms with Gasteiger partial charge in [0.2, 0.25) is 5.91 Å². The zero-order valence-corrected chi connectivity index (χ0v) is 16.1. The highest BCUT2D eigenvalue weighted by atomic mass is 16.6. The summed E-state index contributed by atoms with van der Waals surface area (Å²) in [5.41, 5.74) is 1.13. The molecule has 7 heteroatoms. The average molecular weight is 383 g/mol. The predicted octanol–water partition coefficient (Wildman–Crippen LogP) is 3.84. The van der Waals surface area contributed by atoms with Gasteiger partial charge in [-0.25, -0.2) is 0 Å². The maximum atomic E-state index is 12.7. The van der Waals surface area contributed by atoms with Crippen LogP contribution in [-0.2, 0) is 11.3 Å². The number of amides is 1. The summed E-state index contributed by atoms with van der Waals surface area (Å²) in [6, 6.07) is 14.7. The zero-order valence-electron chi connectivity index (χ0n) is 16.1. The Labute approximate surface area is 164 Å². The largest absolute Gasteiger partial charge is 0.496 e. The van der Waals surface area contributed by atoms with Gasteiger partial charge >= 0.3 is 0 Å². The van der Waals surface area contributed by atoms with Gasteiger partial charge in [-0.15, -0.1) is 0 Å². The van der Waals surface area contributed by atoms with Gasteiger partial charge in [-0.3, -0.25) is 19.8 Å². The summed E-state index contributed by atoms with van der Waals surface area (Å²) in [5, 5.41) is 14.0. The fraction of sp³-hybridized carbons (Fsp3) is 0.381. The lowest BCUT2D eigenvalue weighted by molar-refractivity contribution is -0.384. The minimum atomic E-state index is -0.521. The van der Waals surface area contributed by atoms with Crippen LogP contribution in [0.5, 0.6) is 5.75 Å². The molecule has 0 heterocycles. The normalized spacial score (nSPS) is 14.5. The van der Waals surface area contributed by atoms with E-state index in [0.717, 1.165) is 5.56 Å². The van der Waals surface area contributed by atoms with Crippen molar-refractivity contribution in [3.05, 3.63) is 64.2 Å². The van der Waals surface area contributed by atoms with Gasteiger partial charge in [-0.2, -0.15) is 0 Å². The Bertz CT molecular complexity index is 837. The van der Waals surface area contributed by atoms with E-state index in [4.69, 9.17) is 4.74 Å². The number of methoxy groups -OCH3 is 1. The molecule has 1 saturated carbocycles. The fourth-order valence-electron chi connectivity index (χ4n) is 3.31. The summed E-state index contributed by atoms with van der Waals surface area (Å²) >= 11 is 0. The predicted molar refractivity (Wildman–Crippen MR) is 107 cm³/mol. The van der Waals surface area contributed by atoms with Gasteiger partial charge < -0.3 is 10.1 Å². The van der Waals surface area contributed by atoms with Crippen molar-refractivity contribution in [2.75, 3.05) is 19.0 Å². The van der Waals surface area contributed by atoms with Crippen molar-refractivity contribution in [3.63, 3.8) is 0 Å². The highest BCUT2D eigenvalue weighted by molar-refractivity contribution is 5.94. The molecule has 148 valence electrons. The van der Waals surface area contributed by atoms with E-state index in [0.29, 0.717) is 18.2 Å². The third-order valence-corrected chi connectivity index (χ3v) is 5.13. The molecule has 0 spiro atoms. The zero-order chi connectivity index (χ0) is 20.1. The lowest BCUT2D eigenvalue weighted by atomic mass is 10.1. The van der Waals surface area contributed by atoms with E-state index in [1.54, 1.807) is 6.07 Å². The molecule has 0 aromatic heterocycles. The first-order chi connectivity index (χ1) is 13.5. The van der Waals surface area contributed by atoms with Crippen LogP contribution in [0.15, 0.2) is 48.5 Å². The van der Waals surface area contributed by atoms with Crippen molar-refractivity contribution < 1.29 is 14.5 Å². The Balaban J connectivity index is 1.72. The van der Waals surface area contributed by atoms with Crippen LogP contribution in [-0.4, -0.2) is 35.4 Å². The Morgan fingerprint density at radius 2 is 2.00 bits per heavy atom. The minimum absolute atomic E-state index is 0.175. The van der Waals surface area contributed by atoms with Gasteiger partial charge in [0.25, 0.3) is 5.69 Å². The molecule has 0 bridgehead atoms. The van der Waals surface area contributed by atoms with Crippen molar-refractivity contribution >= 4 is 17.3 Å². The molecule has 1 unspecified atom stereocenters. The molecule has 0 radical (unpaired) electrons. The molecule has 1 aliphatic rings. The summed E-state index contributed by atoms with van der Waals surface area (Å²) in [6.45, 7) is 2.98. The van der Waals surface area contributed by atoms with Crippen molar-refractivity contribution in [1.82, 2.24) is 4.90 Å². The van der Waals surface area contributed by atoms with Crippen LogP contribution in [0, 0.1) is 16.0 Å². The molecule has 0 saturated heterocycles. The van der Waals surface area contributed by atoms with E-state index in [9.17, 15) is 14.9 Å². The maximum absolute atomic E-state index is 12.7. The molecule has 1 amide bonds. The monoisotopic (exact) mass is 383 g/mol. The summed E-state index contributed by atoms with van der Waals surface area (Å²) in [6.07, 6.45) is 2.36. The van der Waals surface area contributed by atoms with Gasteiger partial charge in [-0.05, 0) is 43.4 Å². The molecule has 2 aromatic carbocycles. The van der Waals surface area contributed by atoms with Crippen LogP contribution in [0.25, 0.3) is 0 Å². The highest BCUT2D eigenvalue weighted by Crippen LogP contribution is 2.35. The number of anilines is 1. The van der Waals surface area contributed by atoms with E-state index in [2.05, 4.69) is 17.1 Å². The molecule has 28 heavy (non-hydrogen) atoms. The molecular formula is C21H25N3O4. The Morgan fingerprint density at radius 1 is 1.29 bits per heavy atom. The van der Waals surface area contributed by atoms with Gasteiger partial charge in [0.15, 0.2) is 0 Å². The van der Waals surface area contributed by atoms with Crippen molar-refractivity contribution in [2.45, 2.75) is 32.4 Å². The summed E-state index contributed by atoms with van der Waals surface area (Å²) in [4.78, 5) is 25.6. The molecule has 1 N–H and O–H groups in total. The third kappa shape index (κ3) is 5.07. The number of nitro benzene ring substituents is 1. The van der Waals surface area contributed by atoms with Crippen LogP contribution >= 0.6 is 0 Å². The fourth-order valence-corrected chi connectivity index (χ4v) is 3.31. The van der Waals surface area contributed by atoms with Gasteiger partial charge in [-0.1, -0.05) is 30.3 Å². The molecule has 1 aliphatic carbocycles. The Morgan fingerprint density at radius 3 is 2.61 bits per heavy atom. The number of hydrogen-bond donors (Lipinski definition) is 1. The van der Waals surface area contributed by atoms with Crippen molar-refractivity contribution in [2.24, 2.45) is 5.92 Å². The van der Waals surface area contributed by atoms with Crippen LogP contribution in [0.2, 0.25) is 0 Å². The first-order valence-corrected chi connectivity index (χ1v) is 9.38. The van der Waals surface area contributed by atoms with E-state index in [-0.39, 0.29) is 29.9 Å². The van der Waals surface area contributed by atoms with E-state index < -0.39 is 4.92 Å². The van der Waals surface area contributed by atoms with Crippen LogP contribution in [0.3, 0.4) is 0 Å². The summed E-state index contributed by atoms with van der Waals surface area (Å²) < 4.78 is 5.04. The van der Waals surface area contributed by atoms with Gasteiger partial charge in [0.05, 0.1) is 24.6 Å². The molecule has 2 aromatic rings. The summed E-state index contributed by atoms with van der Waals surface area (Å²) in [5.74, 6) is 0.710. The molecule has 0 aliphatic heterocycles. The summed E-state index contributed by atoms with van der Waals surface area (Å²) in [7, 11) is 1.44. The number of nitrogens with zero attached hydrogens (tertiary/aromatic N) is 2. The number of nitrogens with one attached hydrogen (secondary N) is 1. The SMILES string of the molecule is COc1ccc(NC(=O)CN(Cc2ccccc2)C(C)C2CC2)c([N+](=O)[O-])c1. The van der Waals surface area contributed by atoms with E-state index in [1.165, 1.54) is 32.1 Å². The standard InChI is InChI=1S/C21H25N3O4/c1-15(17-8-9-17)23(13-16-6-4-3-5-7-16)14-21(25)22-19-11-10-18(28-2)12-20(19)24(26)27/h3-7,10-12,15,17H,8-9,13-14H2,1-2H3,(H,22,25). The van der Waals surface area contributed by atoms with Crippen LogP contribution in [0.1, 0.15) is 25.3 Å². The molecule has 1 atom stereocenters. The number of ether oxygens (including phenoxy) is 1. The number of carbonyl (C=O) groups is 1. The number of rotatable bonds is 9. The number of benzene rings is 2. The lowest BCUT2D eigenvalue weighted by Crippen LogP contribution is -2.40. The second kappa shape index (κ2) is 8.84. The maximum Gasteiger partial charge on any atom is 0.296 e. The van der Waals surface area contributed by atoms with Crippen LogP contribution < -0.4 is 10.1 Å². The second-order valence-electron chi connectivity index (χ2n) is 7.16. The lowest BCUT2D eigenvalue weighted by Gasteiger charge is -2.28. The van der Waals surface area contributed by atoms with Crippen molar-refractivity contribution in [1.29, 1.82) is 0 Å². The van der Waals surface area contributed by atoms with Gasteiger partial charge in [0, 0.05) is 12.6 Å². The number of nitro groups is 1. The van der Waals surface area contributed by atoms with Crippen LogP contribution in [0.4, 0.5) is 11.4 Å². The smallest absolute Gasteiger partial charge is 0.296 e.